The number of hydrogen-bond donors (Lipinski definition) is 2. The average Bonchev–Trinajstić information content (AvgIpc) is 3.35. The number of hydrogen-bond acceptors (Lipinski definition) is 8. The van der Waals surface area contributed by atoms with Crippen LogP contribution in [0.3, 0.4) is 0 Å². The van der Waals surface area contributed by atoms with Crippen molar-refractivity contribution in [1.29, 1.82) is 0 Å². The van der Waals surface area contributed by atoms with E-state index in [9.17, 15) is 19.5 Å². The summed E-state index contributed by atoms with van der Waals surface area (Å²) in [7, 11) is 1.41. The summed E-state index contributed by atoms with van der Waals surface area (Å²) in [4.78, 5) is 51.1. The van der Waals surface area contributed by atoms with Gasteiger partial charge in [0.15, 0.2) is 0 Å². The highest BCUT2D eigenvalue weighted by atomic mass is 32.1. The predicted octanol–water partition coefficient (Wildman–Crippen LogP) is 1.81. The van der Waals surface area contributed by atoms with Crippen LogP contribution < -0.4 is 17.0 Å². The summed E-state index contributed by atoms with van der Waals surface area (Å²) in [6, 6.07) is 0.0517. The number of nitrogens with zero attached hydrogens (tertiary/aromatic N) is 4. The van der Waals surface area contributed by atoms with Gasteiger partial charge in [-0.1, -0.05) is 13.8 Å². The molecule has 3 heterocycles. The van der Waals surface area contributed by atoms with Crippen molar-refractivity contribution in [3.63, 3.8) is 0 Å². The second-order valence-electron chi connectivity index (χ2n) is 9.69. The van der Waals surface area contributed by atoms with Gasteiger partial charge in [0.05, 0.1) is 17.5 Å². The lowest BCUT2D eigenvalue weighted by molar-refractivity contribution is -0.0778. The van der Waals surface area contributed by atoms with E-state index in [4.69, 9.17) is 10.6 Å². The summed E-state index contributed by atoms with van der Waals surface area (Å²) in [5, 5.41) is 11.2. The van der Waals surface area contributed by atoms with Crippen LogP contribution in [0.5, 0.6) is 0 Å². The highest BCUT2D eigenvalue weighted by molar-refractivity contribution is 7.19. The quantitative estimate of drug-likeness (QED) is 0.552. The molecule has 0 saturated carbocycles. The second kappa shape index (κ2) is 10.5. The lowest BCUT2D eigenvalue weighted by Crippen LogP contribution is -2.39. The van der Waals surface area contributed by atoms with Crippen molar-refractivity contribution in [3.05, 3.63) is 42.5 Å². The summed E-state index contributed by atoms with van der Waals surface area (Å²) < 4.78 is 2.59. The van der Waals surface area contributed by atoms with E-state index >= 15 is 0 Å². The molecule has 1 aliphatic rings. The first-order valence-electron chi connectivity index (χ1n) is 11.7. The largest absolute Gasteiger partial charge is 0.402 e. The van der Waals surface area contributed by atoms with Crippen molar-refractivity contribution < 1.29 is 14.7 Å². The normalized spacial score (nSPS) is 17.7. The van der Waals surface area contributed by atoms with Crippen molar-refractivity contribution >= 4 is 33.2 Å². The van der Waals surface area contributed by atoms with Crippen LogP contribution >= 0.6 is 11.3 Å². The third-order valence-electron chi connectivity index (χ3n) is 5.73. The van der Waals surface area contributed by atoms with E-state index in [2.05, 4.69) is 4.99 Å². The number of aliphatic hydroxyl groups excluding tert-OH is 1. The number of aliphatic imine (C=N–C) groups is 1. The molecule has 0 radical (unpaired) electrons. The van der Waals surface area contributed by atoms with Gasteiger partial charge in [0.2, 0.25) is 0 Å². The van der Waals surface area contributed by atoms with Crippen molar-refractivity contribution in [2.24, 2.45) is 23.7 Å². The summed E-state index contributed by atoms with van der Waals surface area (Å²) in [6.07, 6.45) is -0.545. The molecule has 1 aliphatic heterocycles. The van der Waals surface area contributed by atoms with Crippen LogP contribution in [0.25, 0.3) is 10.2 Å². The molecule has 1 atom stereocenters. The fourth-order valence-electron chi connectivity index (χ4n) is 4.17. The molecule has 2 aromatic heterocycles. The Bertz CT molecular complexity index is 1310. The maximum Gasteiger partial charge on any atom is 0.331 e. The number of aliphatic hydroxyl groups is 1. The number of hydroxylamine groups is 2. The minimum atomic E-state index is -0.809. The van der Waals surface area contributed by atoms with Gasteiger partial charge in [-0.15, -0.1) is 11.3 Å². The molecule has 10 nitrogen and oxygen atoms in total. The Labute approximate surface area is 208 Å². The lowest BCUT2D eigenvalue weighted by Gasteiger charge is -2.16. The maximum absolute atomic E-state index is 13.7. The zero-order chi connectivity index (χ0) is 26.2. The standard InChI is InChI=1S/C24H35N5O5S/c1-12(2)9-28-23-20(21(31)27(7)24(28)33)19(22(32)29-10-16(30)11-34-29)18(35-23)8-17(14(5)25)15(6)26-13(3)4/h12-13,16,30H,8-11,25H2,1-7H3/t16-/m0/s1. The van der Waals surface area contributed by atoms with Gasteiger partial charge in [-0.05, 0) is 39.2 Å². The minimum Gasteiger partial charge on any atom is -0.402 e. The smallest absolute Gasteiger partial charge is 0.331 e. The number of nitrogens with two attached hydrogens (primary N) is 1. The molecule has 1 fully saturated rings. The van der Waals surface area contributed by atoms with Crippen molar-refractivity contribution in [3.8, 4) is 0 Å². The van der Waals surface area contributed by atoms with Crippen LogP contribution in [-0.2, 0) is 24.9 Å². The number of carbonyl (C=O) groups excluding carboxylic acids is 1. The number of rotatable bonds is 7. The summed E-state index contributed by atoms with van der Waals surface area (Å²) in [6.45, 7) is 11.9. The highest BCUT2D eigenvalue weighted by Gasteiger charge is 2.33. The predicted molar refractivity (Wildman–Crippen MR) is 138 cm³/mol. The van der Waals surface area contributed by atoms with Crippen LogP contribution in [0.2, 0.25) is 0 Å². The number of carbonyl (C=O) groups is 1. The van der Waals surface area contributed by atoms with E-state index < -0.39 is 23.3 Å². The lowest BCUT2D eigenvalue weighted by atomic mass is 10.0. The molecular formula is C24H35N5O5S. The number of fused-ring (bicyclic) bond motifs is 1. The number of thiophene rings is 1. The van der Waals surface area contributed by atoms with Crippen LogP contribution in [0.4, 0.5) is 0 Å². The van der Waals surface area contributed by atoms with E-state index in [-0.39, 0.29) is 42.5 Å². The van der Waals surface area contributed by atoms with Gasteiger partial charge < -0.3 is 10.8 Å². The third-order valence-corrected chi connectivity index (χ3v) is 6.95. The molecule has 0 aromatic carbocycles. The third kappa shape index (κ3) is 5.41. The Morgan fingerprint density at radius 1 is 1.26 bits per heavy atom. The Morgan fingerprint density at radius 2 is 1.91 bits per heavy atom. The van der Waals surface area contributed by atoms with Gasteiger partial charge in [0.25, 0.3) is 11.5 Å². The Balaban J connectivity index is 2.34. The Hall–Kier alpha value is -2.76. The number of aromatic nitrogens is 2. The molecule has 35 heavy (non-hydrogen) atoms. The topological polar surface area (TPSA) is 132 Å². The first kappa shape index (κ1) is 26.8. The average molecular weight is 506 g/mol. The second-order valence-corrected chi connectivity index (χ2v) is 10.8. The molecule has 3 rings (SSSR count). The summed E-state index contributed by atoms with van der Waals surface area (Å²) in [5.41, 5.74) is 7.49. The molecule has 192 valence electrons. The number of allylic oxidation sites excluding steroid dienone is 2. The van der Waals surface area contributed by atoms with Gasteiger partial charge in [0.1, 0.15) is 17.5 Å². The zero-order valence-corrected chi connectivity index (χ0v) is 22.2. The minimum absolute atomic E-state index is 0.00594. The van der Waals surface area contributed by atoms with E-state index in [1.807, 2.05) is 34.6 Å². The number of β-amino-alcohol motifs (C(OH)–C–C–N with tert-alkyl or cyclic N) is 1. The molecule has 0 aliphatic carbocycles. The van der Waals surface area contributed by atoms with Gasteiger partial charge >= 0.3 is 5.69 Å². The van der Waals surface area contributed by atoms with Gasteiger partial charge in [-0.25, -0.2) is 9.86 Å². The van der Waals surface area contributed by atoms with Crippen LogP contribution in [0.1, 0.15) is 56.8 Å². The highest BCUT2D eigenvalue weighted by Crippen LogP contribution is 2.33. The van der Waals surface area contributed by atoms with Crippen LogP contribution in [0.15, 0.2) is 25.9 Å². The van der Waals surface area contributed by atoms with E-state index in [0.717, 1.165) is 20.9 Å². The molecule has 1 saturated heterocycles. The van der Waals surface area contributed by atoms with E-state index in [1.165, 1.54) is 18.4 Å². The summed E-state index contributed by atoms with van der Waals surface area (Å²) >= 11 is 1.24. The van der Waals surface area contributed by atoms with E-state index in [0.29, 0.717) is 21.9 Å². The van der Waals surface area contributed by atoms with Gasteiger partial charge in [-0.3, -0.25) is 28.6 Å². The molecule has 0 spiro atoms. The molecule has 3 N–H and O–H groups in total. The van der Waals surface area contributed by atoms with E-state index in [1.54, 1.807) is 11.5 Å². The summed E-state index contributed by atoms with van der Waals surface area (Å²) in [5.74, 6) is -0.389. The Kier molecular flexibility index (Phi) is 8.03. The first-order valence-corrected chi connectivity index (χ1v) is 12.5. The van der Waals surface area contributed by atoms with Gasteiger partial charge in [-0.2, -0.15) is 0 Å². The Morgan fingerprint density at radius 3 is 2.43 bits per heavy atom. The van der Waals surface area contributed by atoms with Crippen molar-refractivity contribution in [2.45, 2.75) is 66.7 Å². The molecule has 1 amide bonds. The fourth-order valence-corrected chi connectivity index (χ4v) is 5.47. The number of amides is 1. The molecule has 0 bridgehead atoms. The molecule has 11 heteroatoms. The van der Waals surface area contributed by atoms with Crippen LogP contribution in [0, 0.1) is 5.92 Å². The first-order chi connectivity index (χ1) is 16.3. The van der Waals surface area contributed by atoms with Crippen molar-refractivity contribution in [1.82, 2.24) is 14.2 Å². The van der Waals surface area contributed by atoms with Gasteiger partial charge in [0, 0.05) is 42.3 Å². The molecular weight excluding hydrogens is 470 g/mol. The maximum atomic E-state index is 13.7. The zero-order valence-electron chi connectivity index (χ0n) is 21.4. The molecule has 2 aromatic rings. The molecule has 0 unspecified atom stereocenters. The van der Waals surface area contributed by atoms with Crippen molar-refractivity contribution in [2.75, 3.05) is 13.2 Å². The monoisotopic (exact) mass is 505 g/mol. The fraction of sp³-hybridized carbons (Fsp3) is 0.583. The van der Waals surface area contributed by atoms with Crippen LogP contribution in [-0.4, -0.2) is 56.2 Å². The SMILES string of the molecule is CC(=NC(C)C)C(Cc1sc2c(c1C(=O)N1C[C@H](O)CO1)c(=O)n(C)c(=O)n2CC(C)C)=C(C)N.